The zero-order chi connectivity index (χ0) is 49.7. The van der Waals surface area contributed by atoms with Gasteiger partial charge in [-0.15, -0.1) is 0 Å². The highest BCUT2D eigenvalue weighted by Crippen LogP contribution is 2.33. The van der Waals surface area contributed by atoms with E-state index >= 15 is 0 Å². The molecular weight excluding hydrogens is 859 g/mol. The summed E-state index contributed by atoms with van der Waals surface area (Å²) in [6, 6.07) is 33.1. The lowest BCUT2D eigenvalue weighted by atomic mass is 9.88. The van der Waals surface area contributed by atoms with Crippen LogP contribution in [0.25, 0.3) is 0 Å². The molecule has 69 heavy (non-hydrogen) atoms. The highest BCUT2D eigenvalue weighted by Gasteiger charge is 2.42. The molecule has 5 fully saturated rings. The Morgan fingerprint density at radius 3 is 1.32 bits per heavy atom. The number of carbonyl (C=O) groups excluding carboxylic acids is 3. The van der Waals surface area contributed by atoms with Crippen molar-refractivity contribution in [1.29, 1.82) is 0 Å². The summed E-state index contributed by atoms with van der Waals surface area (Å²) in [5, 5.41) is 3.54. The van der Waals surface area contributed by atoms with E-state index in [-0.39, 0.29) is 23.8 Å². The van der Waals surface area contributed by atoms with Crippen molar-refractivity contribution in [3.63, 3.8) is 0 Å². The van der Waals surface area contributed by atoms with E-state index in [4.69, 9.17) is 0 Å². The second kappa shape index (κ2) is 25.8. The van der Waals surface area contributed by atoms with E-state index in [0.29, 0.717) is 36.0 Å². The minimum Gasteiger partial charge on any atom is -0.340 e. The van der Waals surface area contributed by atoms with E-state index in [1.54, 1.807) is 0 Å². The van der Waals surface area contributed by atoms with Crippen molar-refractivity contribution in [3.05, 3.63) is 108 Å². The summed E-state index contributed by atoms with van der Waals surface area (Å²) >= 11 is 0. The fourth-order valence-corrected chi connectivity index (χ4v) is 11.1. The zero-order valence-corrected chi connectivity index (χ0v) is 44.2. The molecular formula is C57H89N9O3. The van der Waals surface area contributed by atoms with E-state index in [1.165, 1.54) is 18.4 Å². The summed E-state index contributed by atoms with van der Waals surface area (Å²) in [7, 11) is 6.13. The van der Waals surface area contributed by atoms with Crippen molar-refractivity contribution in [2.75, 3.05) is 113 Å². The molecule has 5 heterocycles. The summed E-state index contributed by atoms with van der Waals surface area (Å²) in [6.07, 6.45) is 4.58. The number of carbonyl (C=O) groups is 3. The van der Waals surface area contributed by atoms with Crippen LogP contribution in [0.15, 0.2) is 91.0 Å². The number of benzene rings is 3. The second-order valence-electron chi connectivity index (χ2n) is 21.3. The number of hydrogen-bond acceptors (Lipinski definition) is 9. The number of nitrogens with zero attached hydrogens (tertiary/aromatic N) is 8. The summed E-state index contributed by atoms with van der Waals surface area (Å²) in [5.41, 5.74) is 2.77. The predicted octanol–water partition coefficient (Wildman–Crippen LogP) is 6.51. The Morgan fingerprint density at radius 2 is 0.942 bits per heavy atom. The van der Waals surface area contributed by atoms with Crippen molar-refractivity contribution in [1.82, 2.24) is 44.5 Å². The van der Waals surface area contributed by atoms with Gasteiger partial charge in [0.1, 0.15) is 5.54 Å². The summed E-state index contributed by atoms with van der Waals surface area (Å²) in [5.74, 6) is 0.767. The van der Waals surface area contributed by atoms with Crippen LogP contribution in [0.4, 0.5) is 0 Å². The zero-order valence-electron chi connectivity index (χ0n) is 44.2. The SMILES string of the molecule is CC(C)N1CCN(C(=O)C(C)(c2ccccc2)N(C)C)CC1.CC(C)N1CCN(C(=O)C(c2ccccc2)C2CCCN2)CC1.CC(C)N1CCN(C(=O)C(c2ccccc2)C2CCCN2C)CC1. The quantitative estimate of drug-likeness (QED) is 0.219. The highest BCUT2D eigenvalue weighted by atomic mass is 16.2. The number of amides is 3. The predicted molar refractivity (Wildman–Crippen MR) is 282 cm³/mol. The van der Waals surface area contributed by atoms with E-state index in [1.807, 2.05) is 85.4 Å². The maximum Gasteiger partial charge on any atom is 0.247 e. The van der Waals surface area contributed by atoms with Crippen molar-refractivity contribution in [2.24, 2.45) is 0 Å². The van der Waals surface area contributed by atoms with Gasteiger partial charge in [-0.1, -0.05) is 91.0 Å². The van der Waals surface area contributed by atoms with Crippen LogP contribution in [-0.2, 0) is 19.9 Å². The van der Waals surface area contributed by atoms with Crippen LogP contribution in [-0.4, -0.2) is 200 Å². The number of hydrogen-bond donors (Lipinski definition) is 1. The summed E-state index contributed by atoms with van der Waals surface area (Å²) in [4.78, 5) is 57.8. The number of rotatable bonds is 12. The molecule has 3 amide bonds. The maximum atomic E-state index is 13.4. The standard InChI is InChI=1S/C20H31N3O.C19H29N3O.C18H29N3O/c1-16(2)22-12-14-23(15-13-22)20(24)19(17-8-5-4-6-9-17)18-10-7-11-21(18)3;1-15(2)21-11-13-22(14-12-21)19(23)18(17-9-6-10-20-17)16-7-4-3-5-8-16;1-15(2)20-11-13-21(14-12-20)17(22)18(3,19(4)5)16-9-7-6-8-10-16/h4-6,8-9,16,18-19H,7,10-15H2,1-3H3;3-5,7-8,15,17-18,20H,6,9-14H2,1-2H3;6-10,15H,11-14H2,1-5H3. The molecule has 380 valence electrons. The first kappa shape index (κ1) is 54.2. The van der Waals surface area contributed by atoms with Crippen LogP contribution in [0.5, 0.6) is 0 Å². The molecule has 12 heteroatoms. The third-order valence-electron chi connectivity index (χ3n) is 16.0. The van der Waals surface area contributed by atoms with Gasteiger partial charge in [0.05, 0.1) is 11.8 Å². The lowest BCUT2D eigenvalue weighted by Crippen LogP contribution is -2.58. The Hall–Kier alpha value is -4.17. The van der Waals surface area contributed by atoms with Gasteiger partial charge in [-0.25, -0.2) is 0 Å². The Kier molecular flexibility index (Phi) is 20.3. The average Bonchev–Trinajstić information content (AvgIpc) is 4.07. The van der Waals surface area contributed by atoms with E-state index in [9.17, 15) is 14.4 Å². The number of nitrogens with one attached hydrogen (secondary N) is 1. The highest BCUT2D eigenvalue weighted by molar-refractivity contribution is 5.88. The Morgan fingerprint density at radius 1 is 0.536 bits per heavy atom. The fraction of sp³-hybridized carbons (Fsp3) is 0.632. The van der Waals surface area contributed by atoms with Gasteiger partial charge >= 0.3 is 0 Å². The lowest BCUT2D eigenvalue weighted by molar-refractivity contribution is -0.145. The monoisotopic (exact) mass is 948 g/mol. The molecule has 12 nitrogen and oxygen atoms in total. The Balaban J connectivity index is 0.000000170. The van der Waals surface area contributed by atoms with Crippen LogP contribution >= 0.6 is 0 Å². The molecule has 0 aliphatic carbocycles. The first-order chi connectivity index (χ1) is 33.1. The number of likely N-dealkylation sites (N-methyl/N-ethyl adjacent to an activating group) is 2. The van der Waals surface area contributed by atoms with Gasteiger partial charge in [-0.2, -0.15) is 0 Å². The Bertz CT molecular complexity index is 1990. The maximum absolute atomic E-state index is 13.4. The smallest absolute Gasteiger partial charge is 0.247 e. The largest absolute Gasteiger partial charge is 0.340 e. The summed E-state index contributed by atoms with van der Waals surface area (Å²) < 4.78 is 0. The molecule has 0 aromatic heterocycles. The third kappa shape index (κ3) is 13.8. The van der Waals surface area contributed by atoms with E-state index < -0.39 is 5.54 Å². The van der Waals surface area contributed by atoms with E-state index in [2.05, 4.69) is 120 Å². The molecule has 5 aliphatic heterocycles. The average molecular weight is 948 g/mol. The molecule has 0 bridgehead atoms. The molecule has 0 spiro atoms. The van der Waals surface area contributed by atoms with Crippen LogP contribution in [0.1, 0.15) is 103 Å². The molecule has 5 atom stereocenters. The minimum absolute atomic E-state index is 0.0238. The molecule has 5 aliphatic rings. The second-order valence-corrected chi connectivity index (χ2v) is 21.3. The molecule has 3 aromatic rings. The molecule has 0 radical (unpaired) electrons. The molecule has 5 saturated heterocycles. The number of likely N-dealkylation sites (tertiary alicyclic amines) is 1. The van der Waals surface area contributed by atoms with Crippen molar-refractivity contribution in [3.8, 4) is 0 Å². The number of piperazine rings is 3. The molecule has 0 saturated carbocycles. The van der Waals surface area contributed by atoms with Crippen LogP contribution < -0.4 is 5.32 Å². The van der Waals surface area contributed by atoms with Gasteiger partial charge in [0, 0.05) is 109 Å². The molecule has 3 aromatic carbocycles. The molecule has 8 rings (SSSR count). The topological polar surface area (TPSA) is 89.2 Å². The van der Waals surface area contributed by atoms with Crippen molar-refractivity contribution in [2.45, 2.75) is 122 Å². The van der Waals surface area contributed by atoms with Crippen molar-refractivity contribution < 1.29 is 14.4 Å². The van der Waals surface area contributed by atoms with Gasteiger partial charge in [0.25, 0.3) is 0 Å². The fourth-order valence-electron chi connectivity index (χ4n) is 11.1. The van der Waals surface area contributed by atoms with Crippen LogP contribution in [0, 0.1) is 0 Å². The molecule has 5 unspecified atom stereocenters. The minimum atomic E-state index is -0.610. The van der Waals surface area contributed by atoms with Gasteiger partial charge in [-0.05, 0) is 125 Å². The van der Waals surface area contributed by atoms with Crippen molar-refractivity contribution >= 4 is 17.7 Å². The first-order valence-corrected chi connectivity index (χ1v) is 26.5. The van der Waals surface area contributed by atoms with Gasteiger partial charge < -0.3 is 24.9 Å². The third-order valence-corrected chi connectivity index (χ3v) is 16.0. The van der Waals surface area contributed by atoms with Gasteiger partial charge in [0.2, 0.25) is 17.7 Å². The van der Waals surface area contributed by atoms with Crippen LogP contribution in [0.2, 0.25) is 0 Å². The Labute approximate surface area is 417 Å². The summed E-state index contributed by atoms with van der Waals surface area (Å²) in [6.45, 7) is 28.4. The van der Waals surface area contributed by atoms with E-state index in [0.717, 1.165) is 116 Å². The normalized spacial score (nSPS) is 22.8. The molecule has 1 N–H and O–H groups in total. The van der Waals surface area contributed by atoms with Crippen LogP contribution in [0.3, 0.4) is 0 Å². The van der Waals surface area contributed by atoms with Gasteiger partial charge in [-0.3, -0.25) is 34.0 Å². The van der Waals surface area contributed by atoms with Gasteiger partial charge in [0.15, 0.2) is 0 Å². The first-order valence-electron chi connectivity index (χ1n) is 26.5. The lowest BCUT2D eigenvalue weighted by Gasteiger charge is -2.43.